The molecule has 0 bridgehead atoms. The molecule has 24 heavy (non-hydrogen) atoms. The fourth-order valence-electron chi connectivity index (χ4n) is 2.78. The monoisotopic (exact) mass is 314 g/mol. The molecule has 0 saturated carbocycles. The third kappa shape index (κ3) is 3.43. The first-order chi connectivity index (χ1) is 11.7. The van der Waals surface area contributed by atoms with Crippen LogP contribution in [0.1, 0.15) is 30.2 Å². The van der Waals surface area contributed by atoms with E-state index in [0.29, 0.717) is 0 Å². The molecule has 3 aromatic rings. The molecule has 0 amide bonds. The van der Waals surface area contributed by atoms with Gasteiger partial charge in [-0.15, -0.1) is 0 Å². The largest absolute Gasteiger partial charge is 0.233 e. The van der Waals surface area contributed by atoms with Crippen LogP contribution in [0, 0.1) is 13.8 Å². The summed E-state index contributed by atoms with van der Waals surface area (Å²) in [6.45, 7) is 6.32. The zero-order valence-corrected chi connectivity index (χ0v) is 14.5. The van der Waals surface area contributed by atoms with Gasteiger partial charge in [0, 0.05) is 16.8 Å². The van der Waals surface area contributed by atoms with Crippen molar-refractivity contribution in [1.82, 2.24) is 9.97 Å². The minimum Gasteiger partial charge on any atom is -0.233 e. The zero-order chi connectivity index (χ0) is 16.9. The van der Waals surface area contributed by atoms with Crippen LogP contribution in [-0.4, -0.2) is 9.97 Å². The summed E-state index contributed by atoms with van der Waals surface area (Å²) >= 11 is 0. The van der Waals surface area contributed by atoms with Crippen molar-refractivity contribution in [3.8, 4) is 22.6 Å². The number of hydrogen-bond acceptors (Lipinski definition) is 2. The number of allylic oxidation sites excluding steroid dienone is 1. The predicted molar refractivity (Wildman–Crippen MR) is 102 cm³/mol. The molecule has 0 N–H and O–H groups in total. The SMILES string of the molecule is CC/C=C\c1c(C)cccc1-c1cc(C)nc(-c2ccccc2)n1. The van der Waals surface area contributed by atoms with Crippen molar-refractivity contribution in [3.63, 3.8) is 0 Å². The molecule has 0 aliphatic heterocycles. The van der Waals surface area contributed by atoms with Gasteiger partial charge in [-0.05, 0) is 37.5 Å². The van der Waals surface area contributed by atoms with Crippen molar-refractivity contribution >= 4 is 6.08 Å². The summed E-state index contributed by atoms with van der Waals surface area (Å²) in [5.74, 6) is 0.775. The van der Waals surface area contributed by atoms with Crippen molar-refractivity contribution in [3.05, 3.63) is 77.5 Å². The molecule has 1 heterocycles. The highest BCUT2D eigenvalue weighted by molar-refractivity contribution is 5.76. The average molecular weight is 314 g/mol. The third-order valence-corrected chi connectivity index (χ3v) is 4.01. The second-order valence-electron chi connectivity index (χ2n) is 5.93. The summed E-state index contributed by atoms with van der Waals surface area (Å²) in [5, 5.41) is 0. The molecule has 2 nitrogen and oxygen atoms in total. The predicted octanol–water partition coefficient (Wildman–Crippen LogP) is 5.85. The van der Waals surface area contributed by atoms with Gasteiger partial charge < -0.3 is 0 Å². The van der Waals surface area contributed by atoms with Gasteiger partial charge in [0.25, 0.3) is 0 Å². The molecule has 0 unspecified atom stereocenters. The van der Waals surface area contributed by atoms with E-state index in [1.54, 1.807) is 0 Å². The molecular formula is C22H22N2. The average Bonchev–Trinajstić information content (AvgIpc) is 2.61. The van der Waals surface area contributed by atoms with E-state index in [-0.39, 0.29) is 0 Å². The molecular weight excluding hydrogens is 292 g/mol. The van der Waals surface area contributed by atoms with Crippen LogP contribution in [0.4, 0.5) is 0 Å². The Morgan fingerprint density at radius 3 is 2.46 bits per heavy atom. The van der Waals surface area contributed by atoms with E-state index in [4.69, 9.17) is 4.98 Å². The molecule has 0 spiro atoms. The van der Waals surface area contributed by atoms with E-state index in [1.165, 1.54) is 11.1 Å². The Morgan fingerprint density at radius 1 is 0.917 bits per heavy atom. The van der Waals surface area contributed by atoms with Gasteiger partial charge in [0.15, 0.2) is 5.82 Å². The van der Waals surface area contributed by atoms with Crippen LogP contribution in [0.15, 0.2) is 60.7 Å². The van der Waals surface area contributed by atoms with Crippen LogP contribution in [0.25, 0.3) is 28.7 Å². The van der Waals surface area contributed by atoms with E-state index in [1.807, 2.05) is 37.3 Å². The molecule has 2 aromatic carbocycles. The molecule has 2 heteroatoms. The van der Waals surface area contributed by atoms with Crippen LogP contribution in [0.2, 0.25) is 0 Å². The summed E-state index contributed by atoms with van der Waals surface area (Å²) in [5.41, 5.74) is 6.64. The van der Waals surface area contributed by atoms with E-state index >= 15 is 0 Å². The number of aromatic nitrogens is 2. The summed E-state index contributed by atoms with van der Waals surface area (Å²) in [6.07, 6.45) is 5.41. The van der Waals surface area contributed by atoms with Crippen LogP contribution >= 0.6 is 0 Å². The van der Waals surface area contributed by atoms with E-state index in [9.17, 15) is 0 Å². The van der Waals surface area contributed by atoms with Crippen LogP contribution < -0.4 is 0 Å². The van der Waals surface area contributed by atoms with E-state index < -0.39 is 0 Å². The first kappa shape index (κ1) is 16.1. The van der Waals surface area contributed by atoms with Crippen molar-refractivity contribution in [2.75, 3.05) is 0 Å². The summed E-state index contributed by atoms with van der Waals surface area (Å²) in [6, 6.07) is 18.6. The Labute approximate surface area is 143 Å². The molecule has 0 radical (unpaired) electrons. The van der Waals surface area contributed by atoms with Crippen molar-refractivity contribution < 1.29 is 0 Å². The summed E-state index contributed by atoms with van der Waals surface area (Å²) < 4.78 is 0. The smallest absolute Gasteiger partial charge is 0.160 e. The number of nitrogens with zero attached hydrogens (tertiary/aromatic N) is 2. The second-order valence-corrected chi connectivity index (χ2v) is 5.93. The molecule has 0 atom stereocenters. The standard InChI is InChI=1S/C22H22N2/c1-4-5-13-19-16(2)10-9-14-20(19)21-15-17(3)23-22(24-21)18-11-7-6-8-12-18/h5-15H,4H2,1-3H3/b13-5-. The van der Waals surface area contributed by atoms with Crippen LogP contribution in [0.3, 0.4) is 0 Å². The molecule has 0 fully saturated rings. The minimum absolute atomic E-state index is 0.775. The van der Waals surface area contributed by atoms with Gasteiger partial charge in [0.05, 0.1) is 5.69 Å². The Morgan fingerprint density at radius 2 is 1.71 bits per heavy atom. The highest BCUT2D eigenvalue weighted by atomic mass is 14.9. The highest BCUT2D eigenvalue weighted by Gasteiger charge is 2.10. The fourth-order valence-corrected chi connectivity index (χ4v) is 2.78. The maximum absolute atomic E-state index is 4.84. The van der Waals surface area contributed by atoms with Gasteiger partial charge in [-0.3, -0.25) is 0 Å². The third-order valence-electron chi connectivity index (χ3n) is 4.01. The van der Waals surface area contributed by atoms with Gasteiger partial charge >= 0.3 is 0 Å². The van der Waals surface area contributed by atoms with E-state index in [2.05, 4.69) is 55.2 Å². The Hall–Kier alpha value is -2.74. The van der Waals surface area contributed by atoms with Gasteiger partial charge in [-0.25, -0.2) is 9.97 Å². The first-order valence-electron chi connectivity index (χ1n) is 8.36. The van der Waals surface area contributed by atoms with Crippen molar-refractivity contribution in [1.29, 1.82) is 0 Å². The van der Waals surface area contributed by atoms with Crippen LogP contribution in [0.5, 0.6) is 0 Å². The van der Waals surface area contributed by atoms with E-state index in [0.717, 1.165) is 34.8 Å². The first-order valence-corrected chi connectivity index (χ1v) is 8.36. The lowest BCUT2D eigenvalue weighted by Gasteiger charge is -2.11. The topological polar surface area (TPSA) is 25.8 Å². The Balaban J connectivity index is 2.16. The molecule has 1 aromatic heterocycles. The molecule has 0 saturated heterocycles. The van der Waals surface area contributed by atoms with Gasteiger partial charge in [-0.2, -0.15) is 0 Å². The number of benzene rings is 2. The molecule has 3 rings (SSSR count). The van der Waals surface area contributed by atoms with Crippen LogP contribution in [-0.2, 0) is 0 Å². The molecule has 120 valence electrons. The number of rotatable bonds is 4. The Bertz CT molecular complexity index is 864. The number of hydrogen-bond donors (Lipinski definition) is 0. The lowest BCUT2D eigenvalue weighted by atomic mass is 9.98. The summed E-state index contributed by atoms with van der Waals surface area (Å²) in [7, 11) is 0. The zero-order valence-electron chi connectivity index (χ0n) is 14.5. The Kier molecular flexibility index (Phi) is 4.85. The lowest BCUT2D eigenvalue weighted by molar-refractivity contribution is 1.11. The summed E-state index contributed by atoms with van der Waals surface area (Å²) in [4.78, 5) is 9.45. The quantitative estimate of drug-likeness (QED) is 0.603. The van der Waals surface area contributed by atoms with Gasteiger partial charge in [-0.1, -0.05) is 67.6 Å². The highest BCUT2D eigenvalue weighted by Crippen LogP contribution is 2.28. The minimum atomic E-state index is 0.775. The van der Waals surface area contributed by atoms with Crippen molar-refractivity contribution in [2.45, 2.75) is 27.2 Å². The molecule has 0 aliphatic carbocycles. The van der Waals surface area contributed by atoms with Crippen molar-refractivity contribution in [2.24, 2.45) is 0 Å². The van der Waals surface area contributed by atoms with Gasteiger partial charge in [0.2, 0.25) is 0 Å². The normalized spacial score (nSPS) is 11.1. The maximum atomic E-state index is 4.84. The fraction of sp³-hybridized carbons (Fsp3) is 0.182. The second kappa shape index (κ2) is 7.22. The lowest BCUT2D eigenvalue weighted by Crippen LogP contribution is -1.97. The molecule has 0 aliphatic rings. The van der Waals surface area contributed by atoms with Gasteiger partial charge in [0.1, 0.15) is 0 Å². The maximum Gasteiger partial charge on any atom is 0.160 e. The number of aryl methyl sites for hydroxylation is 2.